The number of carbonyl (C=O) groups is 1. The quantitative estimate of drug-likeness (QED) is 0.828. The van der Waals surface area contributed by atoms with Gasteiger partial charge in [0.1, 0.15) is 0 Å². The summed E-state index contributed by atoms with van der Waals surface area (Å²) in [6, 6.07) is 7.87. The van der Waals surface area contributed by atoms with Crippen LogP contribution in [0.4, 0.5) is 10.5 Å². The maximum Gasteiger partial charge on any atom is 0.319 e. The number of amides is 2. The van der Waals surface area contributed by atoms with E-state index in [-0.39, 0.29) is 12.1 Å². The van der Waals surface area contributed by atoms with Crippen molar-refractivity contribution in [2.45, 2.75) is 19.4 Å². The standard InChI is InChI=1S/C21H28N4O3/c1-15-4-5-18(17-3-2-7-22-20(15)17)24-21(26)23-13-19(16-6-10-28-14-16)25-8-11-27-12-9-25/h2-5,7,16,19H,6,8-14H2,1H3,(H2,23,24,26)/t16-,19-/m1/s1. The third-order valence-electron chi connectivity index (χ3n) is 5.72. The number of nitrogens with zero attached hydrogens (tertiary/aromatic N) is 2. The van der Waals surface area contributed by atoms with Crippen LogP contribution in [0.1, 0.15) is 12.0 Å². The molecule has 3 heterocycles. The lowest BCUT2D eigenvalue weighted by Gasteiger charge is -2.37. The van der Waals surface area contributed by atoms with Crippen molar-refractivity contribution < 1.29 is 14.3 Å². The molecule has 2 saturated heterocycles. The molecule has 1 aromatic heterocycles. The average molecular weight is 384 g/mol. The Balaban J connectivity index is 1.42. The first-order valence-electron chi connectivity index (χ1n) is 10.0. The molecule has 0 spiro atoms. The number of aromatic nitrogens is 1. The van der Waals surface area contributed by atoms with Gasteiger partial charge in [-0.05, 0) is 37.1 Å². The van der Waals surface area contributed by atoms with Gasteiger partial charge in [0, 0.05) is 49.8 Å². The van der Waals surface area contributed by atoms with Crippen LogP contribution in [0.2, 0.25) is 0 Å². The van der Waals surface area contributed by atoms with Gasteiger partial charge < -0.3 is 20.1 Å². The molecule has 2 aliphatic heterocycles. The Morgan fingerprint density at radius 3 is 2.89 bits per heavy atom. The zero-order chi connectivity index (χ0) is 19.3. The average Bonchev–Trinajstić information content (AvgIpc) is 3.26. The Morgan fingerprint density at radius 2 is 2.11 bits per heavy atom. The summed E-state index contributed by atoms with van der Waals surface area (Å²) in [5.41, 5.74) is 2.78. The highest BCUT2D eigenvalue weighted by atomic mass is 16.5. The summed E-state index contributed by atoms with van der Waals surface area (Å²) in [5, 5.41) is 7.02. The van der Waals surface area contributed by atoms with Gasteiger partial charge in [-0.3, -0.25) is 9.88 Å². The summed E-state index contributed by atoms with van der Waals surface area (Å²) < 4.78 is 11.1. The number of anilines is 1. The van der Waals surface area contributed by atoms with Crippen LogP contribution in [0, 0.1) is 12.8 Å². The number of hydrogen-bond acceptors (Lipinski definition) is 5. The van der Waals surface area contributed by atoms with E-state index < -0.39 is 0 Å². The summed E-state index contributed by atoms with van der Waals surface area (Å²) in [7, 11) is 0. The fourth-order valence-corrected chi connectivity index (χ4v) is 4.15. The highest BCUT2D eigenvalue weighted by Crippen LogP contribution is 2.25. The number of fused-ring (bicyclic) bond motifs is 1. The first kappa shape index (κ1) is 19.1. The lowest BCUT2D eigenvalue weighted by atomic mass is 9.97. The molecular formula is C21H28N4O3. The minimum atomic E-state index is -0.189. The molecular weight excluding hydrogens is 356 g/mol. The summed E-state index contributed by atoms with van der Waals surface area (Å²) in [4.78, 5) is 19.5. The van der Waals surface area contributed by atoms with Crippen molar-refractivity contribution >= 4 is 22.6 Å². The van der Waals surface area contributed by atoms with Gasteiger partial charge in [-0.1, -0.05) is 6.07 Å². The molecule has 28 heavy (non-hydrogen) atoms. The normalized spacial score (nSPS) is 21.5. The fourth-order valence-electron chi connectivity index (χ4n) is 4.15. The summed E-state index contributed by atoms with van der Waals surface area (Å²) in [5.74, 6) is 0.447. The molecule has 150 valence electrons. The molecule has 0 unspecified atom stereocenters. The maximum atomic E-state index is 12.6. The van der Waals surface area contributed by atoms with Gasteiger partial charge >= 0.3 is 6.03 Å². The van der Waals surface area contributed by atoms with Crippen molar-refractivity contribution in [2.75, 3.05) is 51.4 Å². The van der Waals surface area contributed by atoms with Crippen LogP contribution in [-0.2, 0) is 9.47 Å². The van der Waals surface area contributed by atoms with E-state index in [0.29, 0.717) is 12.5 Å². The Labute approximate surface area is 165 Å². The topological polar surface area (TPSA) is 75.7 Å². The van der Waals surface area contributed by atoms with Gasteiger partial charge in [-0.25, -0.2) is 4.79 Å². The number of morpholine rings is 1. The Bertz CT molecular complexity index is 816. The lowest BCUT2D eigenvalue weighted by molar-refractivity contribution is 0.00222. The van der Waals surface area contributed by atoms with Gasteiger partial charge in [-0.2, -0.15) is 0 Å². The van der Waals surface area contributed by atoms with E-state index in [1.807, 2.05) is 31.2 Å². The Morgan fingerprint density at radius 1 is 1.25 bits per heavy atom. The van der Waals surface area contributed by atoms with Crippen molar-refractivity contribution in [2.24, 2.45) is 5.92 Å². The second-order valence-corrected chi connectivity index (χ2v) is 7.50. The molecule has 2 fully saturated rings. The van der Waals surface area contributed by atoms with Crippen molar-refractivity contribution in [1.82, 2.24) is 15.2 Å². The fraction of sp³-hybridized carbons (Fsp3) is 0.524. The first-order chi connectivity index (χ1) is 13.7. The van der Waals surface area contributed by atoms with Crippen LogP contribution < -0.4 is 10.6 Å². The molecule has 0 radical (unpaired) electrons. The van der Waals surface area contributed by atoms with Crippen LogP contribution in [0.5, 0.6) is 0 Å². The minimum Gasteiger partial charge on any atom is -0.381 e. The van der Waals surface area contributed by atoms with Crippen LogP contribution in [-0.4, -0.2) is 68.0 Å². The molecule has 2 N–H and O–H groups in total. The van der Waals surface area contributed by atoms with Crippen molar-refractivity contribution in [3.05, 3.63) is 36.0 Å². The number of hydrogen-bond donors (Lipinski definition) is 2. The smallest absolute Gasteiger partial charge is 0.319 e. The van der Waals surface area contributed by atoms with E-state index in [0.717, 1.165) is 68.1 Å². The Hall–Kier alpha value is -2.22. The van der Waals surface area contributed by atoms with Crippen LogP contribution >= 0.6 is 0 Å². The van der Waals surface area contributed by atoms with Crippen molar-refractivity contribution in [1.29, 1.82) is 0 Å². The number of rotatable bonds is 5. The number of aryl methyl sites for hydroxylation is 1. The number of carbonyl (C=O) groups excluding carboxylic acids is 1. The number of ether oxygens (including phenoxy) is 2. The predicted molar refractivity (Wildman–Crippen MR) is 109 cm³/mol. The zero-order valence-electron chi connectivity index (χ0n) is 16.3. The second-order valence-electron chi connectivity index (χ2n) is 7.50. The number of nitrogens with one attached hydrogen (secondary N) is 2. The van der Waals surface area contributed by atoms with E-state index in [9.17, 15) is 4.79 Å². The van der Waals surface area contributed by atoms with Gasteiger partial charge in [0.05, 0.1) is 31.0 Å². The monoisotopic (exact) mass is 384 g/mol. The molecule has 2 amide bonds. The highest BCUT2D eigenvalue weighted by molar-refractivity contribution is 6.01. The number of urea groups is 1. The molecule has 2 aromatic rings. The first-order valence-corrected chi connectivity index (χ1v) is 10.0. The molecule has 2 atom stereocenters. The molecule has 7 heteroatoms. The van der Waals surface area contributed by atoms with E-state index in [4.69, 9.17) is 9.47 Å². The third-order valence-corrected chi connectivity index (χ3v) is 5.72. The maximum absolute atomic E-state index is 12.6. The van der Waals surface area contributed by atoms with Crippen molar-refractivity contribution in [3.63, 3.8) is 0 Å². The highest BCUT2D eigenvalue weighted by Gasteiger charge is 2.31. The van der Waals surface area contributed by atoms with Gasteiger partial charge in [0.2, 0.25) is 0 Å². The molecule has 1 aromatic carbocycles. The Kier molecular flexibility index (Phi) is 6.04. The van der Waals surface area contributed by atoms with Gasteiger partial charge in [0.15, 0.2) is 0 Å². The van der Waals surface area contributed by atoms with E-state index >= 15 is 0 Å². The van der Waals surface area contributed by atoms with Crippen LogP contribution in [0.15, 0.2) is 30.5 Å². The second kappa shape index (κ2) is 8.86. The molecule has 2 aliphatic rings. The van der Waals surface area contributed by atoms with E-state index in [1.165, 1.54) is 0 Å². The molecule has 4 rings (SSSR count). The summed E-state index contributed by atoms with van der Waals surface area (Å²) in [6.07, 6.45) is 2.81. The third kappa shape index (κ3) is 4.27. The molecule has 0 saturated carbocycles. The summed E-state index contributed by atoms with van der Waals surface area (Å²) in [6.45, 7) is 7.49. The number of benzene rings is 1. The SMILES string of the molecule is Cc1ccc(NC(=O)NC[C@H]([C@@H]2CCOC2)N2CCOCC2)c2cccnc12. The molecule has 7 nitrogen and oxygen atoms in total. The zero-order valence-corrected chi connectivity index (χ0v) is 16.3. The van der Waals surface area contributed by atoms with E-state index in [1.54, 1.807) is 6.20 Å². The molecule has 0 aliphatic carbocycles. The van der Waals surface area contributed by atoms with E-state index in [2.05, 4.69) is 20.5 Å². The van der Waals surface area contributed by atoms with Crippen molar-refractivity contribution in [3.8, 4) is 0 Å². The summed E-state index contributed by atoms with van der Waals surface area (Å²) >= 11 is 0. The predicted octanol–water partition coefficient (Wildman–Crippen LogP) is 2.40. The largest absolute Gasteiger partial charge is 0.381 e. The van der Waals surface area contributed by atoms with Crippen LogP contribution in [0.25, 0.3) is 10.9 Å². The lowest BCUT2D eigenvalue weighted by Crippen LogP contribution is -2.52. The molecule has 0 bridgehead atoms. The van der Waals surface area contributed by atoms with Gasteiger partial charge in [0.25, 0.3) is 0 Å². The minimum absolute atomic E-state index is 0.189. The van der Waals surface area contributed by atoms with Gasteiger partial charge in [-0.15, -0.1) is 0 Å². The number of pyridine rings is 1. The van der Waals surface area contributed by atoms with Crippen LogP contribution in [0.3, 0.4) is 0 Å².